The number of carbonyl (C=O) groups excluding carboxylic acids is 2. The van der Waals surface area contributed by atoms with E-state index in [1.165, 1.54) is 19.1 Å². The van der Waals surface area contributed by atoms with Crippen LogP contribution in [0.25, 0.3) is 0 Å². The first-order chi connectivity index (χ1) is 22.3. The van der Waals surface area contributed by atoms with Gasteiger partial charge in [-0.25, -0.2) is 8.78 Å². The maximum Gasteiger partial charge on any atom is 0.193 e. The second-order valence-corrected chi connectivity index (χ2v) is 14.7. The summed E-state index contributed by atoms with van der Waals surface area (Å²) in [5.41, 5.74) is -2.97. The van der Waals surface area contributed by atoms with Crippen LogP contribution in [0.4, 0.5) is 14.5 Å². The fraction of sp³-hybridized carbons (Fsp3) is 0.514. The highest BCUT2D eigenvalue weighted by molar-refractivity contribution is 6.33. The van der Waals surface area contributed by atoms with E-state index in [-0.39, 0.29) is 24.8 Å². The molecule has 0 aromatic heterocycles. The molecule has 5 aliphatic rings. The first kappa shape index (κ1) is 32.6. The molecule has 3 N–H and O–H groups in total. The number of ketones is 2. The highest BCUT2D eigenvalue weighted by Crippen LogP contribution is 2.72. The standard InChI is InChI=1S/C37H40ClF2NO6/c1-4-41-29-14-21(7-10-27(29)38)13-20-5-8-22(9-6-20)33-46-32-17-24-25-16-28(39)26-15-23(43)11-12-34(26,2)36(25,40)30(44)18-35(24,3)37(32,47-33)31(45)19-42/h5-12,14-15,24-25,28,30,32-33,41-42,44H,4,13,16-19H2,1-3H3/t24-,25-,28-,30-,32+,33+,34-,35-,36-,37+/m0/s1. The number of ether oxygens (including phenoxy) is 2. The molecule has 1 saturated heterocycles. The van der Waals surface area contributed by atoms with Gasteiger partial charge in [0.25, 0.3) is 0 Å². The first-order valence-corrected chi connectivity index (χ1v) is 16.7. The lowest BCUT2D eigenvalue weighted by Crippen LogP contribution is -2.70. The number of halogens is 3. The van der Waals surface area contributed by atoms with Crippen LogP contribution in [0, 0.1) is 22.7 Å². The fourth-order valence-corrected chi connectivity index (χ4v) is 9.94. The number of aliphatic hydroxyl groups excluding tert-OH is 2. The number of Topliss-reactive ketones (excluding diaryl/α,β-unsaturated/α-hetero) is 1. The Balaban J connectivity index is 1.18. The van der Waals surface area contributed by atoms with E-state index in [1.807, 2.05) is 49.4 Å². The number of alkyl halides is 2. The van der Waals surface area contributed by atoms with Crippen LogP contribution >= 0.6 is 11.6 Å². The largest absolute Gasteiger partial charge is 0.390 e. The number of anilines is 1. The summed E-state index contributed by atoms with van der Waals surface area (Å²) in [5.74, 6) is -2.61. The molecule has 47 heavy (non-hydrogen) atoms. The minimum absolute atomic E-state index is 0.0379. The lowest BCUT2D eigenvalue weighted by Gasteiger charge is -2.63. The van der Waals surface area contributed by atoms with Crippen molar-refractivity contribution >= 4 is 28.9 Å². The van der Waals surface area contributed by atoms with Crippen molar-refractivity contribution in [2.45, 2.75) is 82.4 Å². The molecule has 7 rings (SSSR count). The van der Waals surface area contributed by atoms with E-state index >= 15 is 8.78 Å². The Morgan fingerprint density at radius 1 is 1.11 bits per heavy atom. The fourth-order valence-electron chi connectivity index (χ4n) is 9.75. The zero-order chi connectivity index (χ0) is 33.5. The minimum Gasteiger partial charge on any atom is -0.390 e. The number of hydrogen-bond donors (Lipinski definition) is 3. The third-order valence-corrected chi connectivity index (χ3v) is 12.3. The Kier molecular flexibility index (Phi) is 7.84. The molecular weight excluding hydrogens is 628 g/mol. The number of allylic oxidation sites excluding steroid dienone is 4. The molecule has 7 nitrogen and oxygen atoms in total. The van der Waals surface area contributed by atoms with Gasteiger partial charge in [0.2, 0.25) is 0 Å². The van der Waals surface area contributed by atoms with Crippen molar-refractivity contribution in [1.29, 1.82) is 0 Å². The van der Waals surface area contributed by atoms with Crippen molar-refractivity contribution in [1.82, 2.24) is 0 Å². The van der Waals surface area contributed by atoms with Gasteiger partial charge in [-0.05, 0) is 86.4 Å². The summed E-state index contributed by atoms with van der Waals surface area (Å²) in [7, 11) is 0. The maximum atomic E-state index is 17.6. The van der Waals surface area contributed by atoms with Crippen LogP contribution in [0.2, 0.25) is 5.02 Å². The predicted molar refractivity (Wildman–Crippen MR) is 172 cm³/mol. The molecule has 0 radical (unpaired) electrons. The average molecular weight is 668 g/mol. The predicted octanol–water partition coefficient (Wildman–Crippen LogP) is 6.01. The summed E-state index contributed by atoms with van der Waals surface area (Å²) in [6.45, 7) is 5.25. The van der Waals surface area contributed by atoms with Crippen molar-refractivity contribution in [2.75, 3.05) is 18.5 Å². The number of hydrogen-bond acceptors (Lipinski definition) is 7. The number of carbonyl (C=O) groups is 2. The summed E-state index contributed by atoms with van der Waals surface area (Å²) in [6, 6.07) is 13.5. The van der Waals surface area contributed by atoms with E-state index in [9.17, 15) is 19.8 Å². The third-order valence-electron chi connectivity index (χ3n) is 12.0. The molecule has 1 aliphatic heterocycles. The number of nitrogens with one attached hydrogen (secondary N) is 1. The molecular formula is C37H40ClF2NO6. The van der Waals surface area contributed by atoms with E-state index in [0.717, 1.165) is 29.4 Å². The smallest absolute Gasteiger partial charge is 0.193 e. The van der Waals surface area contributed by atoms with Gasteiger partial charge in [-0.1, -0.05) is 54.9 Å². The molecule has 0 spiro atoms. The lowest BCUT2D eigenvalue weighted by molar-refractivity contribution is -0.235. The zero-order valence-electron chi connectivity index (χ0n) is 26.6. The van der Waals surface area contributed by atoms with Crippen LogP contribution in [-0.4, -0.2) is 64.6 Å². The zero-order valence-corrected chi connectivity index (χ0v) is 27.4. The number of aliphatic hydroxyl groups is 2. The number of rotatable bonds is 7. The van der Waals surface area contributed by atoms with Gasteiger partial charge in [0.15, 0.2) is 29.1 Å². The maximum absolute atomic E-state index is 17.6. The van der Waals surface area contributed by atoms with Crippen molar-refractivity contribution < 1.29 is 38.1 Å². The van der Waals surface area contributed by atoms with Gasteiger partial charge in [0.05, 0.1) is 22.9 Å². The van der Waals surface area contributed by atoms with Crippen LogP contribution in [0.3, 0.4) is 0 Å². The molecule has 2 aromatic carbocycles. The van der Waals surface area contributed by atoms with Crippen LogP contribution < -0.4 is 5.32 Å². The summed E-state index contributed by atoms with van der Waals surface area (Å²) in [5, 5.41) is 25.8. The lowest BCUT2D eigenvalue weighted by atomic mass is 9.44. The molecule has 0 unspecified atom stereocenters. The van der Waals surface area contributed by atoms with E-state index in [1.54, 1.807) is 6.92 Å². The normalized spacial score (nSPS) is 40.3. The van der Waals surface area contributed by atoms with Crippen molar-refractivity contribution in [3.8, 4) is 0 Å². The molecule has 2 aromatic rings. The van der Waals surface area contributed by atoms with Gasteiger partial charge in [0.1, 0.15) is 12.8 Å². The second kappa shape index (κ2) is 11.3. The van der Waals surface area contributed by atoms with E-state index in [2.05, 4.69) is 5.32 Å². The molecule has 250 valence electrons. The van der Waals surface area contributed by atoms with E-state index in [0.29, 0.717) is 17.0 Å². The molecule has 10 heteroatoms. The topological polar surface area (TPSA) is 105 Å². The molecule has 3 saturated carbocycles. The van der Waals surface area contributed by atoms with Crippen LogP contribution in [0.5, 0.6) is 0 Å². The van der Waals surface area contributed by atoms with Crippen LogP contribution in [-0.2, 0) is 25.5 Å². The Labute approximate surface area is 278 Å². The van der Waals surface area contributed by atoms with Gasteiger partial charge in [0, 0.05) is 28.9 Å². The highest BCUT2D eigenvalue weighted by Gasteiger charge is 2.80. The van der Waals surface area contributed by atoms with Gasteiger partial charge >= 0.3 is 0 Å². The molecule has 4 aliphatic carbocycles. The van der Waals surface area contributed by atoms with Gasteiger partial charge in [-0.3, -0.25) is 9.59 Å². The SMILES string of the molecule is CCNc1cc(Cc2ccc([C@@H]3O[C@@H]4C[C@H]5[C@@H]6C[C@H](F)C7=CC(=O)C=C[C@]7(C)[C@@]6(F)[C@@H](O)C[C@]5(C)[C@]4(C(=O)CO)O3)cc2)ccc1Cl. The summed E-state index contributed by atoms with van der Waals surface area (Å²) in [4.78, 5) is 25.9. The van der Waals surface area contributed by atoms with Gasteiger partial charge in [-0.15, -0.1) is 0 Å². The average Bonchev–Trinajstić information content (AvgIpc) is 3.54. The highest BCUT2D eigenvalue weighted by atomic mass is 35.5. The quantitative estimate of drug-likeness (QED) is 0.333. The Morgan fingerprint density at radius 2 is 1.83 bits per heavy atom. The number of benzene rings is 2. The molecule has 10 atom stereocenters. The van der Waals surface area contributed by atoms with E-state index in [4.69, 9.17) is 21.1 Å². The van der Waals surface area contributed by atoms with Gasteiger partial charge < -0.3 is 25.0 Å². The minimum atomic E-state index is -2.29. The Hall–Kier alpha value is -2.95. The van der Waals surface area contributed by atoms with Crippen LogP contribution in [0.1, 0.15) is 63.0 Å². The van der Waals surface area contributed by atoms with Crippen LogP contribution in [0.15, 0.2) is 66.3 Å². The monoisotopic (exact) mass is 667 g/mol. The summed E-state index contributed by atoms with van der Waals surface area (Å²) in [6.07, 6.45) is -0.768. The summed E-state index contributed by atoms with van der Waals surface area (Å²) >= 11 is 6.31. The third kappa shape index (κ3) is 4.49. The van der Waals surface area contributed by atoms with Gasteiger partial charge in [-0.2, -0.15) is 0 Å². The van der Waals surface area contributed by atoms with Crippen molar-refractivity contribution in [2.24, 2.45) is 22.7 Å². The molecule has 1 heterocycles. The Morgan fingerprint density at radius 3 is 2.53 bits per heavy atom. The Bertz CT molecular complexity index is 1680. The van der Waals surface area contributed by atoms with E-state index < -0.39 is 76.8 Å². The van der Waals surface area contributed by atoms with Crippen molar-refractivity contribution in [3.63, 3.8) is 0 Å². The van der Waals surface area contributed by atoms with Crippen molar-refractivity contribution in [3.05, 3.63) is 88.0 Å². The first-order valence-electron chi connectivity index (χ1n) is 16.4. The molecule has 0 amide bonds. The summed E-state index contributed by atoms with van der Waals surface area (Å²) < 4.78 is 46.5. The molecule has 0 bridgehead atoms. The second-order valence-electron chi connectivity index (χ2n) is 14.2. The number of fused-ring (bicyclic) bond motifs is 7. The molecule has 4 fully saturated rings.